The summed E-state index contributed by atoms with van der Waals surface area (Å²) in [5.41, 5.74) is -1.41. The Labute approximate surface area is 197 Å². The second-order valence-corrected chi connectivity index (χ2v) is 9.41. The van der Waals surface area contributed by atoms with Crippen LogP contribution in [0.15, 0.2) is 32.8 Å². The van der Waals surface area contributed by atoms with Crippen molar-refractivity contribution < 1.29 is 18.0 Å². The molecular weight excluding hydrogens is 503 g/mol. The monoisotopic (exact) mass is 517 g/mol. The standard InChI is InChI=1S/C19H15ClF3N5O3S2/c1-27-15(30)14-11(26-33-16(14)28(2)18(27)31)6-13(29)25-17-24-12(7-32-17)8-3-4-10(20)9(5-8)19(21,22)23/h3-5,12H,6-7H2,1-2H3,(H,24,25,29). The number of alkyl halides is 3. The molecule has 3 aromatic rings. The highest BCUT2D eigenvalue weighted by Gasteiger charge is 2.34. The number of thioether (sulfide) groups is 1. The summed E-state index contributed by atoms with van der Waals surface area (Å²) in [4.78, 5) is 41.8. The first-order valence-electron chi connectivity index (χ1n) is 9.38. The lowest BCUT2D eigenvalue weighted by molar-refractivity contribution is -0.137. The minimum Gasteiger partial charge on any atom is -0.305 e. The van der Waals surface area contributed by atoms with Crippen LogP contribution in [0.2, 0.25) is 5.02 Å². The first kappa shape index (κ1) is 23.5. The highest BCUT2D eigenvalue weighted by molar-refractivity contribution is 8.14. The summed E-state index contributed by atoms with van der Waals surface area (Å²) in [5, 5.41) is 2.67. The molecular formula is C19H15ClF3N5O3S2. The molecule has 0 aliphatic carbocycles. The lowest BCUT2D eigenvalue weighted by Crippen LogP contribution is -2.37. The van der Waals surface area contributed by atoms with E-state index < -0.39 is 40.0 Å². The van der Waals surface area contributed by atoms with Gasteiger partial charge in [-0.25, -0.2) is 4.79 Å². The van der Waals surface area contributed by atoms with Gasteiger partial charge in [0.2, 0.25) is 5.91 Å². The number of carbonyl (C=O) groups excluding carboxylic acids is 1. The molecule has 14 heteroatoms. The van der Waals surface area contributed by atoms with Crippen LogP contribution in [0.25, 0.3) is 10.2 Å². The minimum absolute atomic E-state index is 0.194. The van der Waals surface area contributed by atoms with Gasteiger partial charge in [0.25, 0.3) is 5.56 Å². The summed E-state index contributed by atoms with van der Waals surface area (Å²) in [6.07, 6.45) is -4.81. The second kappa shape index (κ2) is 8.61. The van der Waals surface area contributed by atoms with Crippen LogP contribution in [0.4, 0.5) is 13.2 Å². The zero-order valence-corrected chi connectivity index (χ0v) is 19.5. The van der Waals surface area contributed by atoms with Crippen LogP contribution in [0, 0.1) is 0 Å². The number of aliphatic imine (C=N–C) groups is 1. The molecule has 3 heterocycles. The Hall–Kier alpha value is -2.64. The number of halogens is 4. The van der Waals surface area contributed by atoms with Gasteiger partial charge in [0.05, 0.1) is 34.1 Å². The van der Waals surface area contributed by atoms with E-state index in [0.717, 1.165) is 22.2 Å². The van der Waals surface area contributed by atoms with Gasteiger partial charge in [0, 0.05) is 19.8 Å². The van der Waals surface area contributed by atoms with E-state index in [9.17, 15) is 27.6 Å². The van der Waals surface area contributed by atoms with Crippen molar-refractivity contribution in [2.45, 2.75) is 18.6 Å². The fraction of sp³-hybridized carbons (Fsp3) is 0.316. The van der Waals surface area contributed by atoms with Crippen LogP contribution < -0.4 is 16.6 Å². The van der Waals surface area contributed by atoms with Gasteiger partial charge in [-0.2, -0.15) is 17.5 Å². The van der Waals surface area contributed by atoms with Crippen molar-refractivity contribution in [2.24, 2.45) is 19.1 Å². The molecule has 0 fully saturated rings. The van der Waals surface area contributed by atoms with Crippen molar-refractivity contribution in [1.29, 1.82) is 0 Å². The number of benzene rings is 1. The number of hydrogen-bond donors (Lipinski definition) is 1. The van der Waals surface area contributed by atoms with E-state index in [1.807, 2.05) is 0 Å². The number of amides is 1. The minimum atomic E-state index is -4.59. The van der Waals surface area contributed by atoms with Gasteiger partial charge in [-0.05, 0) is 29.2 Å². The van der Waals surface area contributed by atoms with Crippen molar-refractivity contribution in [1.82, 2.24) is 18.8 Å². The second-order valence-electron chi connectivity index (χ2n) is 7.24. The van der Waals surface area contributed by atoms with Gasteiger partial charge in [-0.3, -0.25) is 23.7 Å². The van der Waals surface area contributed by atoms with Gasteiger partial charge in [-0.15, -0.1) is 0 Å². The predicted octanol–water partition coefficient (Wildman–Crippen LogP) is 2.87. The van der Waals surface area contributed by atoms with Gasteiger partial charge in [0.1, 0.15) is 4.83 Å². The third kappa shape index (κ3) is 4.44. The largest absolute Gasteiger partial charge is 0.417 e. The molecule has 1 aromatic carbocycles. The van der Waals surface area contributed by atoms with Crippen LogP contribution >= 0.6 is 34.9 Å². The van der Waals surface area contributed by atoms with E-state index in [1.165, 1.54) is 42.6 Å². The molecule has 1 atom stereocenters. The summed E-state index contributed by atoms with van der Waals surface area (Å²) in [7, 11) is 2.85. The topological polar surface area (TPSA) is 98.3 Å². The number of aromatic nitrogens is 3. The van der Waals surface area contributed by atoms with E-state index >= 15 is 0 Å². The maximum absolute atomic E-state index is 13.1. The maximum Gasteiger partial charge on any atom is 0.417 e. The lowest BCUT2D eigenvalue weighted by Gasteiger charge is -2.12. The Bertz CT molecular complexity index is 1430. The Kier molecular flexibility index (Phi) is 6.14. The molecule has 2 aromatic heterocycles. The number of aryl methyl sites for hydroxylation is 1. The van der Waals surface area contributed by atoms with Crippen molar-refractivity contribution in [2.75, 3.05) is 5.75 Å². The van der Waals surface area contributed by atoms with E-state index in [0.29, 0.717) is 16.1 Å². The number of carbonyl (C=O) groups is 1. The van der Waals surface area contributed by atoms with E-state index in [-0.39, 0.29) is 22.7 Å². The van der Waals surface area contributed by atoms with Crippen molar-refractivity contribution in [3.63, 3.8) is 0 Å². The predicted molar refractivity (Wildman–Crippen MR) is 121 cm³/mol. The molecule has 174 valence electrons. The lowest BCUT2D eigenvalue weighted by atomic mass is 10.1. The summed E-state index contributed by atoms with van der Waals surface area (Å²) >= 11 is 7.81. The average molecular weight is 518 g/mol. The van der Waals surface area contributed by atoms with Crippen molar-refractivity contribution >= 4 is 56.2 Å². The van der Waals surface area contributed by atoms with Gasteiger partial charge in [0.15, 0.2) is 5.17 Å². The van der Waals surface area contributed by atoms with Crippen molar-refractivity contribution in [3.8, 4) is 0 Å². The smallest absolute Gasteiger partial charge is 0.305 e. The summed E-state index contributed by atoms with van der Waals surface area (Å²) in [6, 6.07) is 3.03. The Morgan fingerprint density at radius 2 is 2.00 bits per heavy atom. The molecule has 4 rings (SSSR count). The van der Waals surface area contributed by atoms with Crippen LogP contribution in [0.5, 0.6) is 0 Å². The fourth-order valence-corrected chi connectivity index (χ4v) is 5.38. The molecule has 1 amide bonds. The molecule has 1 unspecified atom stereocenters. The molecule has 1 aliphatic rings. The Morgan fingerprint density at radius 3 is 2.70 bits per heavy atom. The zero-order valence-electron chi connectivity index (χ0n) is 17.1. The first-order valence-corrected chi connectivity index (χ1v) is 11.5. The number of rotatable bonds is 3. The van der Waals surface area contributed by atoms with E-state index in [1.54, 1.807) is 0 Å². The zero-order chi connectivity index (χ0) is 24.1. The summed E-state index contributed by atoms with van der Waals surface area (Å²) < 4.78 is 45.8. The number of nitrogens with zero attached hydrogens (tertiary/aromatic N) is 4. The van der Waals surface area contributed by atoms with Crippen LogP contribution in [0.3, 0.4) is 0 Å². The number of fused-ring (bicyclic) bond motifs is 1. The highest BCUT2D eigenvalue weighted by Crippen LogP contribution is 2.38. The van der Waals surface area contributed by atoms with Crippen LogP contribution in [-0.4, -0.2) is 30.3 Å². The quantitative estimate of drug-likeness (QED) is 0.576. The molecule has 0 radical (unpaired) electrons. The Morgan fingerprint density at radius 1 is 1.27 bits per heavy atom. The summed E-state index contributed by atoms with van der Waals surface area (Å²) in [6.45, 7) is 0. The van der Waals surface area contributed by atoms with Gasteiger partial charge < -0.3 is 5.32 Å². The normalized spacial score (nSPS) is 16.3. The van der Waals surface area contributed by atoms with E-state index in [4.69, 9.17) is 11.6 Å². The molecule has 8 nitrogen and oxygen atoms in total. The number of amidine groups is 1. The third-order valence-electron chi connectivity index (χ3n) is 5.05. The molecule has 1 N–H and O–H groups in total. The molecule has 0 bridgehead atoms. The highest BCUT2D eigenvalue weighted by atomic mass is 35.5. The average Bonchev–Trinajstić information content (AvgIpc) is 3.37. The molecule has 0 saturated carbocycles. The molecule has 33 heavy (non-hydrogen) atoms. The SMILES string of the molecule is Cn1c(=O)c2c(CC(=O)NC3=NC(c4ccc(Cl)c(C(F)(F)F)c4)CS3)nsc2n(C)c1=O. The van der Waals surface area contributed by atoms with Crippen LogP contribution in [0.1, 0.15) is 22.9 Å². The fourth-order valence-electron chi connectivity index (χ4n) is 3.34. The summed E-state index contributed by atoms with van der Waals surface area (Å²) in [5.74, 6) is -0.145. The first-order chi connectivity index (χ1) is 15.5. The van der Waals surface area contributed by atoms with Gasteiger partial charge >= 0.3 is 11.9 Å². The molecule has 0 spiro atoms. The number of nitrogens with one attached hydrogen (secondary N) is 1. The van der Waals surface area contributed by atoms with E-state index in [2.05, 4.69) is 14.7 Å². The molecule has 0 saturated heterocycles. The van der Waals surface area contributed by atoms with Crippen LogP contribution in [-0.2, 0) is 31.5 Å². The number of hydrogen-bond acceptors (Lipinski definition) is 7. The third-order valence-corrected chi connectivity index (χ3v) is 7.30. The maximum atomic E-state index is 13.1. The van der Waals surface area contributed by atoms with Crippen molar-refractivity contribution in [3.05, 3.63) is 60.9 Å². The Balaban J connectivity index is 1.53. The molecule has 1 aliphatic heterocycles. The van der Waals surface area contributed by atoms with Gasteiger partial charge in [-0.1, -0.05) is 29.4 Å².